The van der Waals surface area contributed by atoms with E-state index in [2.05, 4.69) is 182 Å². The van der Waals surface area contributed by atoms with E-state index in [1.807, 2.05) is 243 Å². The van der Waals surface area contributed by atoms with Gasteiger partial charge in [-0.05, 0) is 0 Å². The first kappa shape index (κ1) is 75.5. The molecule has 0 unspecified atom stereocenters. The van der Waals surface area contributed by atoms with Gasteiger partial charge in [0.25, 0.3) is 0 Å². The maximum atomic E-state index is 14.0. The van der Waals surface area contributed by atoms with E-state index in [-0.39, 0.29) is 0 Å². The molecule has 504 valence electrons. The van der Waals surface area contributed by atoms with Gasteiger partial charge in [-0.15, -0.1) is 0 Å². The zero-order valence-corrected chi connectivity index (χ0v) is 68.5. The molecule has 0 spiro atoms. The van der Waals surface area contributed by atoms with Crippen molar-refractivity contribution in [3.8, 4) is 0 Å². The van der Waals surface area contributed by atoms with Crippen LogP contribution < -0.4 is 0 Å². The fourth-order valence-electron chi connectivity index (χ4n) is 8.83. The molecule has 0 aliphatic heterocycles. The molecule has 99 heavy (non-hydrogen) atoms. The van der Waals surface area contributed by atoms with Gasteiger partial charge in [-0.1, -0.05) is 0 Å². The van der Waals surface area contributed by atoms with Crippen molar-refractivity contribution in [2.24, 2.45) is 0 Å². The van der Waals surface area contributed by atoms with E-state index in [0.29, 0.717) is 0 Å². The molecule has 14 rings (SSSR count). The Morgan fingerprint density at radius 3 is 0.333 bits per heavy atom. The maximum absolute atomic E-state index is 14.0. The van der Waals surface area contributed by atoms with Crippen molar-refractivity contribution in [3.63, 3.8) is 0 Å². The molecule has 0 saturated heterocycles. The summed E-state index contributed by atoms with van der Waals surface area (Å²) < 4.78 is 91.7. The summed E-state index contributed by atoms with van der Waals surface area (Å²) in [4.78, 5) is 0. The van der Waals surface area contributed by atoms with Gasteiger partial charge in [0.1, 0.15) is 0 Å². The van der Waals surface area contributed by atoms with Crippen molar-refractivity contribution >= 4 is 150 Å². The topological polar surface area (TPSA) is 27.7 Å². The van der Waals surface area contributed by atoms with Crippen LogP contribution in [0.2, 0.25) is 0 Å². The third kappa shape index (κ3) is 24.5. The molecule has 0 radical (unpaired) electrons. The normalized spacial score (nSPS) is 11.4. The van der Waals surface area contributed by atoms with Crippen LogP contribution >= 0.6 is 142 Å². The first-order valence-electron chi connectivity index (χ1n) is 31.1. The van der Waals surface area contributed by atoms with Crippen LogP contribution in [-0.2, 0) is 8.95 Å². The molecule has 0 aliphatic rings. The van der Waals surface area contributed by atoms with Gasteiger partial charge in [0, 0.05) is 0 Å². The molecule has 14 aromatic rings. The van der Waals surface area contributed by atoms with Crippen molar-refractivity contribution < 1.29 is 20.4 Å². The van der Waals surface area contributed by atoms with Crippen LogP contribution in [0.15, 0.2) is 425 Å². The fraction of sp³-hybridized carbons (Fsp3) is 0. The third-order valence-electron chi connectivity index (χ3n) is 13.5. The summed E-state index contributed by atoms with van der Waals surface area (Å²) in [6.45, 7) is 0. The van der Waals surface area contributed by atoms with E-state index in [0.717, 1.165) is 28.6 Å². The van der Waals surface area contributed by atoms with Gasteiger partial charge in [-0.3, -0.25) is 0 Å². The van der Waals surface area contributed by atoms with Crippen molar-refractivity contribution in [2.75, 3.05) is 0 Å². The monoisotopic (exact) mass is 2100 g/mol. The molecule has 0 aromatic heterocycles. The van der Waals surface area contributed by atoms with E-state index in [4.69, 9.17) is 8.95 Å². The molecule has 0 saturated carbocycles. The van der Waals surface area contributed by atoms with Gasteiger partial charge < -0.3 is 0 Å². The van der Waals surface area contributed by atoms with E-state index in [9.17, 15) is 11.4 Å². The summed E-state index contributed by atoms with van der Waals surface area (Å²) >= 11 is -17.7. The van der Waals surface area contributed by atoms with E-state index >= 15 is 0 Å². The van der Waals surface area contributed by atoms with Crippen molar-refractivity contribution in [1.29, 1.82) is 0 Å². The number of benzene rings is 14. The van der Waals surface area contributed by atoms with Crippen molar-refractivity contribution in [3.05, 3.63) is 475 Å². The summed E-state index contributed by atoms with van der Waals surface area (Å²) in [5.74, 6) is 0. The molecule has 0 atom stereocenters. The summed E-state index contributed by atoms with van der Waals surface area (Å²) in [7, 11) is -0.832. The summed E-state index contributed by atoms with van der Waals surface area (Å²) in [5.41, 5.74) is 0. The minimum absolute atomic E-state index is 0.832. The predicted molar refractivity (Wildman–Crippen MR) is 464 cm³/mol. The Labute approximate surface area is 635 Å². The molecule has 0 N–H and O–H groups in total. The van der Waals surface area contributed by atoms with Crippen LogP contribution in [0.1, 0.15) is 0 Å². The zero-order valence-electron chi connectivity index (χ0n) is 53.4. The second kappa shape index (κ2) is 43.0. The second-order valence-electron chi connectivity index (χ2n) is 20.4. The number of hydrogen-bond acceptors (Lipinski definition) is 3. The number of rotatable bonds is 20. The SMILES string of the molecule is FI(c1ccccc1)c1ccccc1.FI(c1ccccc1)c1ccccc1.FI(c1ccccc1)c1ccccc1.FI(c1ccccc1)c1ccccc1.c1ccc(I(OB(OI(c2ccccc2)c2ccccc2)OI(c2ccccc2)c2ccccc2)c2ccccc2)cc1. The molecule has 15 heteroatoms. The van der Waals surface area contributed by atoms with Gasteiger partial charge in [-0.2, -0.15) is 0 Å². The molecule has 0 fully saturated rings. The van der Waals surface area contributed by atoms with Crippen LogP contribution in [0, 0.1) is 50.0 Å². The Morgan fingerprint density at radius 2 is 0.232 bits per heavy atom. The predicted octanol–water partition coefficient (Wildman–Crippen LogP) is 27.0. The molecule has 14 aromatic carbocycles. The molecule has 0 bridgehead atoms. The van der Waals surface area contributed by atoms with Crippen LogP contribution in [0.3, 0.4) is 0 Å². The Bertz CT molecular complexity index is 3620. The van der Waals surface area contributed by atoms with E-state index in [1.54, 1.807) is 0 Å². The Morgan fingerprint density at radius 1 is 0.141 bits per heavy atom. The van der Waals surface area contributed by atoms with Crippen LogP contribution in [0.5, 0.6) is 0 Å². The molecule has 0 aliphatic carbocycles. The van der Waals surface area contributed by atoms with E-state index in [1.165, 1.54) is 21.4 Å². The quantitative estimate of drug-likeness (QED) is 0.0432. The summed E-state index contributed by atoms with van der Waals surface area (Å²) in [6.07, 6.45) is 0. The van der Waals surface area contributed by atoms with Crippen molar-refractivity contribution in [2.45, 2.75) is 0 Å². The third-order valence-corrected chi connectivity index (χ3v) is 41.8. The molecule has 0 amide bonds. The van der Waals surface area contributed by atoms with Gasteiger partial charge in [0.2, 0.25) is 0 Å². The standard InChI is InChI=1S/C36H30BI3O3.4C12H10FI/c1-7-19-31(20-8-1)38(32-21-9-2-10-22-32)41-37(42-39(33-23-11-3-12-24-33)34-25-13-4-14-26-34)43-40(35-27-15-5-16-28-35)36-29-17-6-18-30-36;4*13-14(11-7-3-1-4-8-11)12-9-5-2-6-10-12/h1-30H;4*1-10H. The average molecular weight is 2100 g/mol. The first-order chi connectivity index (χ1) is 48.9. The fourth-order valence-corrected chi connectivity index (χ4v) is 33.5. The summed E-state index contributed by atoms with van der Waals surface area (Å²) in [5, 5.41) is 0. The van der Waals surface area contributed by atoms with Gasteiger partial charge >= 0.3 is 645 Å². The minimum atomic E-state index is -2.60. The number of halogens is 11. The van der Waals surface area contributed by atoms with Gasteiger partial charge in [0.05, 0.1) is 0 Å². The molecular formula is C84H70BF4I7O3. The second-order valence-corrected chi connectivity index (χ2v) is 49.0. The van der Waals surface area contributed by atoms with Crippen LogP contribution in [0.25, 0.3) is 0 Å². The van der Waals surface area contributed by atoms with E-state index < -0.39 is 150 Å². The number of hydrogen-bond donors (Lipinski definition) is 0. The zero-order chi connectivity index (χ0) is 68.3. The molecule has 0 heterocycles. The van der Waals surface area contributed by atoms with Gasteiger partial charge in [-0.25, -0.2) is 0 Å². The van der Waals surface area contributed by atoms with Gasteiger partial charge in [0.15, 0.2) is 0 Å². The Balaban J connectivity index is 0.000000153. The Hall–Kier alpha value is -6.15. The molecular weight excluding hydrogens is 2030 g/mol. The van der Waals surface area contributed by atoms with Crippen molar-refractivity contribution in [1.82, 2.24) is 0 Å². The molecule has 3 nitrogen and oxygen atoms in total. The van der Waals surface area contributed by atoms with Crippen LogP contribution in [0.4, 0.5) is 11.4 Å². The summed E-state index contributed by atoms with van der Waals surface area (Å²) in [6, 6.07) is 139. The first-order valence-corrected chi connectivity index (χ1v) is 52.1. The average Bonchev–Trinajstić information content (AvgIpc) is 0.836. The van der Waals surface area contributed by atoms with Crippen LogP contribution in [-0.4, -0.2) is 7.32 Å². The Kier molecular flexibility index (Phi) is 32.8.